The number of rotatable bonds is 11. The highest BCUT2D eigenvalue weighted by atomic mass is 31.1. The van der Waals surface area contributed by atoms with E-state index in [4.69, 9.17) is 13.3 Å². The predicted octanol–water partition coefficient (Wildman–Crippen LogP) is 3.56. The molecule has 0 atom stereocenters. The van der Waals surface area contributed by atoms with Crippen molar-refractivity contribution in [2.45, 2.75) is 40.7 Å². The van der Waals surface area contributed by atoms with Crippen molar-refractivity contribution in [3.05, 3.63) is 0 Å². The van der Waals surface area contributed by atoms with Crippen LogP contribution >= 0.6 is 7.92 Å². The smallest absolute Gasteiger partial charge is 0.374 e. The average molecular weight is 280 g/mol. The van der Waals surface area contributed by atoms with Crippen LogP contribution in [0.15, 0.2) is 0 Å². The summed E-state index contributed by atoms with van der Waals surface area (Å²) in [4.78, 5) is 0. The Morgan fingerprint density at radius 1 is 0.765 bits per heavy atom. The predicted molar refractivity (Wildman–Crippen MR) is 78.3 cm³/mol. The SMILES string of the molecule is CCO[Si](CCP(CC)CC)(OCC)OCC. The zero-order valence-electron chi connectivity index (χ0n) is 12.1. The van der Waals surface area contributed by atoms with E-state index in [0.717, 1.165) is 6.04 Å². The van der Waals surface area contributed by atoms with Crippen LogP contribution in [0.1, 0.15) is 34.6 Å². The first kappa shape index (κ1) is 17.5. The minimum atomic E-state index is -2.37. The van der Waals surface area contributed by atoms with E-state index in [1.54, 1.807) is 0 Å². The lowest BCUT2D eigenvalue weighted by molar-refractivity contribution is 0.0728. The van der Waals surface area contributed by atoms with Gasteiger partial charge >= 0.3 is 8.80 Å². The Labute approximate surface area is 109 Å². The molecule has 0 aromatic heterocycles. The van der Waals surface area contributed by atoms with E-state index < -0.39 is 8.80 Å². The van der Waals surface area contributed by atoms with Gasteiger partial charge in [0.1, 0.15) is 0 Å². The number of hydrogen-bond acceptors (Lipinski definition) is 3. The van der Waals surface area contributed by atoms with Crippen LogP contribution in [-0.4, -0.2) is 47.1 Å². The maximum Gasteiger partial charge on any atom is 0.501 e. The van der Waals surface area contributed by atoms with Gasteiger partial charge in [0.25, 0.3) is 0 Å². The molecule has 0 aromatic rings. The molecule has 0 heterocycles. The molecule has 0 bridgehead atoms. The van der Waals surface area contributed by atoms with Gasteiger partial charge in [-0.05, 0) is 39.3 Å². The summed E-state index contributed by atoms with van der Waals surface area (Å²) in [5.74, 6) is 0. The third kappa shape index (κ3) is 6.87. The van der Waals surface area contributed by atoms with E-state index in [2.05, 4.69) is 13.8 Å². The molecule has 0 saturated heterocycles. The maximum absolute atomic E-state index is 5.85. The summed E-state index contributed by atoms with van der Waals surface area (Å²) in [5, 5.41) is 0. The second-order valence-corrected chi connectivity index (χ2v) is 9.54. The Bertz CT molecular complexity index is 160. The van der Waals surface area contributed by atoms with Crippen LogP contribution in [0, 0.1) is 0 Å². The fourth-order valence-electron chi connectivity index (χ4n) is 1.84. The molecule has 17 heavy (non-hydrogen) atoms. The van der Waals surface area contributed by atoms with Gasteiger partial charge in [-0.2, -0.15) is 0 Å². The summed E-state index contributed by atoms with van der Waals surface area (Å²) in [6.07, 6.45) is 3.80. The minimum absolute atomic E-state index is 0.142. The molecule has 0 amide bonds. The Balaban J connectivity index is 4.41. The van der Waals surface area contributed by atoms with Crippen molar-refractivity contribution in [1.82, 2.24) is 0 Å². The van der Waals surface area contributed by atoms with Crippen molar-refractivity contribution in [3.8, 4) is 0 Å². The second kappa shape index (κ2) is 10.4. The fourth-order valence-corrected chi connectivity index (χ4v) is 7.28. The Kier molecular flexibility index (Phi) is 10.8. The largest absolute Gasteiger partial charge is 0.501 e. The molecule has 0 fully saturated rings. The Morgan fingerprint density at radius 2 is 1.18 bits per heavy atom. The first-order valence-corrected chi connectivity index (χ1v) is 10.6. The summed E-state index contributed by atoms with van der Waals surface area (Å²) in [7, 11) is -2.23. The maximum atomic E-state index is 5.85. The standard InChI is InChI=1S/C12H29O3PSi/c1-6-13-17(14-7-2,15-8-3)12-11-16(9-4)10-5/h6-12H2,1-5H3. The highest BCUT2D eigenvalue weighted by Gasteiger charge is 2.40. The monoisotopic (exact) mass is 280 g/mol. The zero-order valence-corrected chi connectivity index (χ0v) is 14.0. The van der Waals surface area contributed by atoms with Crippen LogP contribution in [0.25, 0.3) is 0 Å². The molecule has 0 spiro atoms. The molecule has 104 valence electrons. The van der Waals surface area contributed by atoms with Crippen LogP contribution in [0.5, 0.6) is 0 Å². The van der Waals surface area contributed by atoms with Gasteiger partial charge in [0.2, 0.25) is 0 Å². The highest BCUT2D eigenvalue weighted by molar-refractivity contribution is 7.57. The molecule has 0 N–H and O–H groups in total. The van der Waals surface area contributed by atoms with E-state index >= 15 is 0 Å². The molecule has 0 aliphatic carbocycles. The lowest BCUT2D eigenvalue weighted by Crippen LogP contribution is -2.46. The second-order valence-electron chi connectivity index (χ2n) is 3.76. The quantitative estimate of drug-likeness (QED) is 0.428. The van der Waals surface area contributed by atoms with Gasteiger partial charge in [-0.3, -0.25) is 0 Å². The van der Waals surface area contributed by atoms with Gasteiger partial charge in [0, 0.05) is 25.9 Å². The molecule has 0 unspecified atom stereocenters. The first-order chi connectivity index (χ1) is 8.17. The van der Waals surface area contributed by atoms with E-state index in [-0.39, 0.29) is 7.92 Å². The zero-order chi connectivity index (χ0) is 13.1. The van der Waals surface area contributed by atoms with E-state index in [1.807, 2.05) is 20.8 Å². The normalized spacial score (nSPS) is 12.4. The summed E-state index contributed by atoms with van der Waals surface area (Å²) < 4.78 is 17.6. The lowest BCUT2D eigenvalue weighted by Gasteiger charge is -2.29. The van der Waals surface area contributed by atoms with Crippen LogP contribution in [0.2, 0.25) is 6.04 Å². The molecule has 5 heteroatoms. The topological polar surface area (TPSA) is 27.7 Å². The molecule has 0 aromatic carbocycles. The highest BCUT2D eigenvalue weighted by Crippen LogP contribution is 2.37. The summed E-state index contributed by atoms with van der Waals surface area (Å²) >= 11 is 0. The van der Waals surface area contributed by atoms with Gasteiger partial charge in [-0.25, -0.2) is 0 Å². The van der Waals surface area contributed by atoms with Crippen LogP contribution in [0.3, 0.4) is 0 Å². The van der Waals surface area contributed by atoms with Gasteiger partial charge in [-0.15, -0.1) is 7.92 Å². The van der Waals surface area contributed by atoms with Gasteiger partial charge < -0.3 is 13.3 Å². The summed E-state index contributed by atoms with van der Waals surface area (Å²) in [6, 6.07) is 0.982. The van der Waals surface area contributed by atoms with Crippen molar-refractivity contribution in [1.29, 1.82) is 0 Å². The average Bonchev–Trinajstić information content (AvgIpc) is 2.31. The molecular formula is C12H29O3PSi. The third-order valence-corrected chi connectivity index (χ3v) is 8.84. The molecule has 0 rings (SSSR count). The van der Waals surface area contributed by atoms with E-state index in [9.17, 15) is 0 Å². The van der Waals surface area contributed by atoms with E-state index in [0.29, 0.717) is 19.8 Å². The lowest BCUT2D eigenvalue weighted by atomic mass is 10.9. The minimum Gasteiger partial charge on any atom is -0.374 e. The Morgan fingerprint density at radius 3 is 1.47 bits per heavy atom. The van der Waals surface area contributed by atoms with Crippen molar-refractivity contribution >= 4 is 16.7 Å². The Hall–Kier alpha value is 0.527. The number of hydrogen-bond donors (Lipinski definition) is 0. The third-order valence-electron chi connectivity index (χ3n) is 2.72. The van der Waals surface area contributed by atoms with Gasteiger partial charge in [0.05, 0.1) is 0 Å². The molecule has 0 saturated carbocycles. The molecule has 3 nitrogen and oxygen atoms in total. The van der Waals surface area contributed by atoms with Gasteiger partial charge in [-0.1, -0.05) is 13.8 Å². The van der Waals surface area contributed by atoms with Crippen LogP contribution < -0.4 is 0 Å². The first-order valence-electron chi connectivity index (χ1n) is 6.82. The van der Waals surface area contributed by atoms with Crippen molar-refractivity contribution in [3.63, 3.8) is 0 Å². The molecule has 0 aliphatic heterocycles. The van der Waals surface area contributed by atoms with Crippen molar-refractivity contribution in [2.75, 3.05) is 38.3 Å². The van der Waals surface area contributed by atoms with E-state index in [1.165, 1.54) is 18.5 Å². The molecular weight excluding hydrogens is 251 g/mol. The molecule has 0 aliphatic rings. The van der Waals surface area contributed by atoms with Crippen molar-refractivity contribution in [2.24, 2.45) is 0 Å². The van der Waals surface area contributed by atoms with Crippen LogP contribution in [0.4, 0.5) is 0 Å². The van der Waals surface area contributed by atoms with Gasteiger partial charge in [0.15, 0.2) is 0 Å². The molecule has 0 radical (unpaired) electrons. The fraction of sp³-hybridized carbons (Fsp3) is 1.00. The summed E-state index contributed by atoms with van der Waals surface area (Å²) in [6.45, 7) is 12.7. The van der Waals surface area contributed by atoms with Crippen LogP contribution in [-0.2, 0) is 13.3 Å². The van der Waals surface area contributed by atoms with Crippen molar-refractivity contribution < 1.29 is 13.3 Å². The summed E-state index contributed by atoms with van der Waals surface area (Å²) in [5.41, 5.74) is 0.